The number of carbonyl (C=O) groups excluding carboxylic acids is 1. The number of hydrogen-bond acceptors (Lipinski definition) is 3. The summed E-state index contributed by atoms with van der Waals surface area (Å²) in [5, 5.41) is 0. The van der Waals surface area contributed by atoms with Crippen LogP contribution in [-0.2, 0) is 10.0 Å². The molecule has 1 aliphatic rings. The molecule has 0 N–H and O–H groups in total. The topological polar surface area (TPSA) is 57.7 Å². The van der Waals surface area contributed by atoms with E-state index in [1.165, 1.54) is 22.7 Å². The molecule has 1 heterocycles. The first-order valence-electron chi connectivity index (χ1n) is 6.87. The van der Waals surface area contributed by atoms with Gasteiger partial charge in [0.05, 0.1) is 10.7 Å². The summed E-state index contributed by atoms with van der Waals surface area (Å²) in [4.78, 5) is 14.0. The zero-order valence-electron chi connectivity index (χ0n) is 12.4. The number of benzene rings is 1. The maximum Gasteiger partial charge on any atom is 0.253 e. The molecule has 1 amide bonds. The van der Waals surface area contributed by atoms with Crippen molar-refractivity contribution >= 4 is 31.9 Å². The van der Waals surface area contributed by atoms with Crippen molar-refractivity contribution in [2.75, 3.05) is 26.4 Å². The van der Waals surface area contributed by atoms with Crippen molar-refractivity contribution in [2.24, 2.45) is 0 Å². The SMILES string of the molecule is CN(C1CCN(C(=O)c2ccc(Br)c(F)c2)CC1)S(C)(=O)=O. The molecule has 122 valence electrons. The quantitative estimate of drug-likeness (QED) is 0.790. The number of likely N-dealkylation sites (tertiary alicyclic amines) is 1. The van der Waals surface area contributed by atoms with Gasteiger partial charge in [-0.1, -0.05) is 0 Å². The van der Waals surface area contributed by atoms with Crippen LogP contribution in [-0.4, -0.2) is 56.0 Å². The van der Waals surface area contributed by atoms with Crippen molar-refractivity contribution in [3.63, 3.8) is 0 Å². The van der Waals surface area contributed by atoms with Gasteiger partial charge in [0, 0.05) is 31.7 Å². The van der Waals surface area contributed by atoms with E-state index in [0.29, 0.717) is 36.0 Å². The van der Waals surface area contributed by atoms with E-state index in [1.807, 2.05) is 0 Å². The van der Waals surface area contributed by atoms with Gasteiger partial charge in [0.15, 0.2) is 0 Å². The molecule has 1 aliphatic heterocycles. The lowest BCUT2D eigenvalue weighted by Crippen LogP contribution is -2.47. The van der Waals surface area contributed by atoms with Gasteiger partial charge < -0.3 is 4.90 Å². The molecule has 0 unspecified atom stereocenters. The zero-order valence-corrected chi connectivity index (χ0v) is 14.8. The highest BCUT2D eigenvalue weighted by molar-refractivity contribution is 9.10. The van der Waals surface area contributed by atoms with Crippen LogP contribution in [0.4, 0.5) is 4.39 Å². The molecule has 8 heteroatoms. The number of piperidine rings is 1. The number of sulfonamides is 1. The molecule has 1 saturated heterocycles. The van der Waals surface area contributed by atoms with Gasteiger partial charge in [0.1, 0.15) is 5.82 Å². The van der Waals surface area contributed by atoms with E-state index in [1.54, 1.807) is 18.0 Å². The Hall–Kier alpha value is -0.990. The molecule has 0 spiro atoms. The summed E-state index contributed by atoms with van der Waals surface area (Å²) in [6, 6.07) is 4.19. The second-order valence-corrected chi connectivity index (χ2v) is 8.33. The maximum absolute atomic E-state index is 13.5. The Bertz CT molecular complexity index is 673. The summed E-state index contributed by atoms with van der Waals surface area (Å²) in [5.41, 5.74) is 0.301. The number of carbonyl (C=O) groups is 1. The van der Waals surface area contributed by atoms with Gasteiger partial charge in [-0.3, -0.25) is 4.79 Å². The van der Waals surface area contributed by atoms with E-state index >= 15 is 0 Å². The summed E-state index contributed by atoms with van der Waals surface area (Å²) in [7, 11) is -1.67. The molecule has 0 saturated carbocycles. The van der Waals surface area contributed by atoms with Crippen LogP contribution < -0.4 is 0 Å². The number of nitrogens with zero attached hydrogens (tertiary/aromatic N) is 2. The fourth-order valence-corrected chi connectivity index (χ4v) is 3.51. The minimum Gasteiger partial charge on any atom is -0.339 e. The Morgan fingerprint density at radius 2 is 1.95 bits per heavy atom. The average Bonchev–Trinajstić information content (AvgIpc) is 2.48. The molecular formula is C14H18BrFN2O3S. The van der Waals surface area contributed by atoms with Crippen LogP contribution in [0.1, 0.15) is 23.2 Å². The van der Waals surface area contributed by atoms with Gasteiger partial charge in [-0.2, -0.15) is 0 Å². The number of halogens is 2. The summed E-state index contributed by atoms with van der Waals surface area (Å²) in [5.74, 6) is -0.704. The lowest BCUT2D eigenvalue weighted by atomic mass is 10.0. The molecule has 1 aromatic rings. The van der Waals surface area contributed by atoms with Crippen LogP contribution in [0.25, 0.3) is 0 Å². The van der Waals surface area contributed by atoms with Crippen molar-refractivity contribution in [3.8, 4) is 0 Å². The predicted molar refractivity (Wildman–Crippen MR) is 85.6 cm³/mol. The Morgan fingerprint density at radius 1 is 1.36 bits per heavy atom. The molecule has 2 rings (SSSR count). The maximum atomic E-state index is 13.5. The van der Waals surface area contributed by atoms with E-state index < -0.39 is 15.8 Å². The van der Waals surface area contributed by atoms with Crippen LogP contribution in [0.5, 0.6) is 0 Å². The van der Waals surface area contributed by atoms with Gasteiger partial charge in [0.2, 0.25) is 10.0 Å². The standard InChI is InChI=1S/C14H18BrFN2O3S/c1-17(22(2,20)21)11-5-7-18(8-6-11)14(19)10-3-4-12(15)13(16)9-10/h3-4,9,11H,5-8H2,1-2H3. The average molecular weight is 393 g/mol. The van der Waals surface area contributed by atoms with Crippen molar-refractivity contribution in [1.82, 2.24) is 9.21 Å². The van der Waals surface area contributed by atoms with Crippen LogP contribution >= 0.6 is 15.9 Å². The van der Waals surface area contributed by atoms with Gasteiger partial charge >= 0.3 is 0 Å². The third-order valence-electron chi connectivity index (χ3n) is 3.96. The molecular weight excluding hydrogens is 375 g/mol. The lowest BCUT2D eigenvalue weighted by molar-refractivity contribution is 0.0686. The molecule has 22 heavy (non-hydrogen) atoms. The third kappa shape index (κ3) is 3.85. The highest BCUT2D eigenvalue weighted by Crippen LogP contribution is 2.21. The molecule has 1 fully saturated rings. The van der Waals surface area contributed by atoms with E-state index in [4.69, 9.17) is 0 Å². The molecule has 0 radical (unpaired) electrons. The number of rotatable bonds is 3. The monoisotopic (exact) mass is 392 g/mol. The summed E-state index contributed by atoms with van der Waals surface area (Å²) in [6.07, 6.45) is 2.33. The Labute approximate surface area is 138 Å². The molecule has 0 aliphatic carbocycles. The van der Waals surface area contributed by atoms with Gasteiger partial charge in [-0.25, -0.2) is 17.1 Å². The van der Waals surface area contributed by atoms with Crippen LogP contribution in [0.2, 0.25) is 0 Å². The first-order valence-corrected chi connectivity index (χ1v) is 9.51. The highest BCUT2D eigenvalue weighted by atomic mass is 79.9. The minimum atomic E-state index is -3.23. The first-order chi connectivity index (χ1) is 10.2. The Kier molecular flexibility index (Phi) is 5.24. The van der Waals surface area contributed by atoms with Gasteiger partial charge in [0.25, 0.3) is 5.91 Å². The Balaban J connectivity index is 2.02. The largest absolute Gasteiger partial charge is 0.339 e. The first kappa shape index (κ1) is 17.4. The molecule has 0 bridgehead atoms. The van der Waals surface area contributed by atoms with Crippen LogP contribution in [0.3, 0.4) is 0 Å². The normalized spacial score (nSPS) is 17.0. The Morgan fingerprint density at radius 3 is 2.45 bits per heavy atom. The summed E-state index contributed by atoms with van der Waals surface area (Å²) in [6.45, 7) is 0.919. The predicted octanol–water partition coefficient (Wildman–Crippen LogP) is 2.08. The van der Waals surface area contributed by atoms with Crippen LogP contribution in [0.15, 0.2) is 22.7 Å². The fourth-order valence-electron chi connectivity index (χ4n) is 2.52. The van der Waals surface area contributed by atoms with Gasteiger partial charge in [-0.05, 0) is 47.0 Å². The molecule has 0 aromatic heterocycles. The smallest absolute Gasteiger partial charge is 0.253 e. The molecule has 1 aromatic carbocycles. The van der Waals surface area contributed by atoms with E-state index in [-0.39, 0.29) is 11.9 Å². The fraction of sp³-hybridized carbons (Fsp3) is 0.500. The zero-order chi connectivity index (χ0) is 16.5. The summed E-state index contributed by atoms with van der Waals surface area (Å²) < 4.78 is 38.3. The molecule has 5 nitrogen and oxygen atoms in total. The van der Waals surface area contributed by atoms with Crippen molar-refractivity contribution in [3.05, 3.63) is 34.1 Å². The summed E-state index contributed by atoms with van der Waals surface area (Å²) >= 11 is 3.05. The van der Waals surface area contributed by atoms with Gasteiger partial charge in [-0.15, -0.1) is 0 Å². The van der Waals surface area contributed by atoms with Crippen molar-refractivity contribution in [2.45, 2.75) is 18.9 Å². The van der Waals surface area contributed by atoms with E-state index in [0.717, 1.165) is 0 Å². The number of amides is 1. The van der Waals surface area contributed by atoms with Crippen molar-refractivity contribution in [1.29, 1.82) is 0 Å². The highest BCUT2D eigenvalue weighted by Gasteiger charge is 2.29. The van der Waals surface area contributed by atoms with Crippen LogP contribution in [0, 0.1) is 5.82 Å². The second kappa shape index (κ2) is 6.64. The second-order valence-electron chi connectivity index (χ2n) is 5.43. The minimum absolute atomic E-state index is 0.0966. The molecule has 0 atom stereocenters. The van der Waals surface area contributed by atoms with Crippen molar-refractivity contribution < 1.29 is 17.6 Å². The lowest BCUT2D eigenvalue weighted by Gasteiger charge is -2.35. The van der Waals surface area contributed by atoms with E-state index in [9.17, 15) is 17.6 Å². The number of hydrogen-bond donors (Lipinski definition) is 0. The third-order valence-corrected chi connectivity index (χ3v) is 5.94. The van der Waals surface area contributed by atoms with E-state index in [2.05, 4.69) is 15.9 Å².